The van der Waals surface area contributed by atoms with Crippen LogP contribution in [-0.2, 0) is 9.57 Å². The van der Waals surface area contributed by atoms with Crippen LogP contribution >= 0.6 is 0 Å². The zero-order chi connectivity index (χ0) is 12.1. The van der Waals surface area contributed by atoms with Crippen LogP contribution in [0.25, 0.3) is 11.0 Å². The number of hydrogen-bond donors (Lipinski definition) is 1. The number of carbonyl (C=O) groups is 1. The normalized spacial score (nSPS) is 10.6. The number of benzene rings is 1. The van der Waals surface area contributed by atoms with Crippen molar-refractivity contribution in [3.8, 4) is 0 Å². The third-order valence-electron chi connectivity index (χ3n) is 2.28. The van der Waals surface area contributed by atoms with E-state index in [1.807, 2.05) is 18.2 Å². The molecule has 1 N–H and O–H groups in total. The molecule has 1 aromatic carbocycles. The molecule has 0 fully saturated rings. The van der Waals surface area contributed by atoms with Gasteiger partial charge in [0.25, 0.3) is 5.91 Å². The smallest absolute Gasteiger partial charge is 0.278 e. The monoisotopic (exact) mass is 235 g/mol. The molecule has 5 heteroatoms. The second-order valence-electron chi connectivity index (χ2n) is 3.42. The minimum absolute atomic E-state index is 0.304. The topological polar surface area (TPSA) is 60.7 Å². The van der Waals surface area contributed by atoms with Crippen LogP contribution in [0.5, 0.6) is 0 Å². The van der Waals surface area contributed by atoms with Gasteiger partial charge < -0.3 is 9.15 Å². The van der Waals surface area contributed by atoms with Crippen molar-refractivity contribution in [1.29, 1.82) is 0 Å². The summed E-state index contributed by atoms with van der Waals surface area (Å²) in [5.74, 6) is -0.328. The van der Waals surface area contributed by atoms with Gasteiger partial charge in [0.2, 0.25) is 0 Å². The highest BCUT2D eigenvalue weighted by atomic mass is 16.7. The van der Waals surface area contributed by atoms with Crippen molar-refractivity contribution < 1.29 is 18.8 Å². The molecule has 0 aliphatic heterocycles. The summed E-state index contributed by atoms with van der Waals surface area (Å²) in [6.45, 7) is 0.727. The van der Waals surface area contributed by atoms with E-state index in [-0.39, 0.29) is 5.91 Å². The lowest BCUT2D eigenvalue weighted by Crippen LogP contribution is -2.25. The summed E-state index contributed by atoms with van der Waals surface area (Å²) in [4.78, 5) is 16.7. The molecule has 1 amide bonds. The fraction of sp³-hybridized carbons (Fsp3) is 0.250. The highest BCUT2D eigenvalue weighted by molar-refractivity contribution is 6.05. The zero-order valence-corrected chi connectivity index (χ0v) is 9.43. The third-order valence-corrected chi connectivity index (χ3v) is 2.28. The maximum atomic E-state index is 11.7. The Bertz CT molecular complexity index is 506. The summed E-state index contributed by atoms with van der Waals surface area (Å²) in [5, 5.41) is 0.764. The molecule has 90 valence electrons. The number of ether oxygens (including phenoxy) is 1. The molecule has 2 aromatic rings. The van der Waals surface area contributed by atoms with Crippen LogP contribution in [0.15, 0.2) is 34.9 Å². The van der Waals surface area contributed by atoms with Gasteiger partial charge in [-0.15, -0.1) is 0 Å². The Labute approximate surface area is 98.3 Å². The first kappa shape index (κ1) is 11.6. The summed E-state index contributed by atoms with van der Waals surface area (Å²) in [5.41, 5.74) is 3.47. The second kappa shape index (κ2) is 5.47. The maximum absolute atomic E-state index is 11.7. The first-order valence-corrected chi connectivity index (χ1v) is 5.20. The quantitative estimate of drug-likeness (QED) is 0.633. The van der Waals surface area contributed by atoms with Gasteiger partial charge in [-0.25, -0.2) is 5.48 Å². The molecule has 5 nitrogen and oxygen atoms in total. The van der Waals surface area contributed by atoms with Gasteiger partial charge in [-0.3, -0.25) is 9.63 Å². The molecule has 1 aromatic heterocycles. The number of hydroxylamine groups is 1. The van der Waals surface area contributed by atoms with E-state index in [9.17, 15) is 4.79 Å². The molecular formula is C12H13NO4. The average Bonchev–Trinajstić information content (AvgIpc) is 2.78. The van der Waals surface area contributed by atoms with Crippen LogP contribution in [0.2, 0.25) is 0 Å². The van der Waals surface area contributed by atoms with Crippen LogP contribution in [0.3, 0.4) is 0 Å². The van der Waals surface area contributed by atoms with E-state index in [1.54, 1.807) is 13.2 Å². The van der Waals surface area contributed by atoms with Gasteiger partial charge >= 0.3 is 0 Å². The maximum Gasteiger partial charge on any atom is 0.278 e. The molecule has 0 bridgehead atoms. The summed E-state index contributed by atoms with van der Waals surface area (Å²) in [7, 11) is 1.56. The van der Waals surface area contributed by atoms with Crippen molar-refractivity contribution in [2.75, 3.05) is 20.3 Å². The van der Waals surface area contributed by atoms with Crippen LogP contribution in [0, 0.1) is 0 Å². The van der Waals surface area contributed by atoms with Crippen LogP contribution < -0.4 is 5.48 Å². The molecule has 0 spiro atoms. The average molecular weight is 235 g/mol. The predicted molar refractivity (Wildman–Crippen MR) is 61.5 cm³/mol. The molecular weight excluding hydrogens is 222 g/mol. The zero-order valence-electron chi connectivity index (χ0n) is 9.43. The Hall–Kier alpha value is -1.85. The standard InChI is InChI=1S/C12H13NO4/c1-15-6-7-17-13-12(14)10-8-16-11-5-3-2-4-9(10)11/h2-5,8H,6-7H2,1H3,(H,13,14). The lowest BCUT2D eigenvalue weighted by Gasteiger charge is -2.03. The molecule has 0 radical (unpaired) electrons. The van der Waals surface area contributed by atoms with Crippen LogP contribution in [0.1, 0.15) is 10.4 Å². The Morgan fingerprint density at radius 3 is 3.00 bits per heavy atom. The molecule has 0 aliphatic carbocycles. The number of methoxy groups -OCH3 is 1. The van der Waals surface area contributed by atoms with E-state index >= 15 is 0 Å². The van der Waals surface area contributed by atoms with Crippen molar-refractivity contribution in [3.63, 3.8) is 0 Å². The van der Waals surface area contributed by atoms with E-state index < -0.39 is 0 Å². The van der Waals surface area contributed by atoms with Crippen molar-refractivity contribution in [2.45, 2.75) is 0 Å². The number of fused-ring (bicyclic) bond motifs is 1. The van der Waals surface area contributed by atoms with Gasteiger partial charge in [0.05, 0.1) is 18.8 Å². The van der Waals surface area contributed by atoms with Crippen LogP contribution in [0.4, 0.5) is 0 Å². The lowest BCUT2D eigenvalue weighted by atomic mass is 10.2. The Morgan fingerprint density at radius 1 is 1.35 bits per heavy atom. The highest BCUT2D eigenvalue weighted by Gasteiger charge is 2.12. The van der Waals surface area contributed by atoms with E-state index in [4.69, 9.17) is 14.0 Å². The number of carbonyl (C=O) groups excluding carboxylic acids is 1. The number of amides is 1. The fourth-order valence-corrected chi connectivity index (χ4v) is 1.45. The van der Waals surface area contributed by atoms with Gasteiger partial charge in [-0.2, -0.15) is 0 Å². The summed E-state index contributed by atoms with van der Waals surface area (Å²) < 4.78 is 10.0. The lowest BCUT2D eigenvalue weighted by molar-refractivity contribution is 0.00894. The van der Waals surface area contributed by atoms with E-state index in [0.717, 1.165) is 5.39 Å². The van der Waals surface area contributed by atoms with E-state index in [0.29, 0.717) is 24.4 Å². The highest BCUT2D eigenvalue weighted by Crippen LogP contribution is 2.20. The first-order valence-electron chi connectivity index (χ1n) is 5.20. The minimum Gasteiger partial charge on any atom is -0.463 e. The number of rotatable bonds is 5. The second-order valence-corrected chi connectivity index (χ2v) is 3.42. The molecule has 0 unspecified atom stereocenters. The number of furan rings is 1. The molecule has 17 heavy (non-hydrogen) atoms. The Kier molecular flexibility index (Phi) is 3.74. The van der Waals surface area contributed by atoms with Crippen molar-refractivity contribution in [2.24, 2.45) is 0 Å². The van der Waals surface area contributed by atoms with Crippen molar-refractivity contribution in [1.82, 2.24) is 5.48 Å². The summed E-state index contributed by atoms with van der Waals surface area (Å²) in [6.07, 6.45) is 1.42. The predicted octanol–water partition coefficient (Wildman–Crippen LogP) is 1.74. The molecule has 1 heterocycles. The van der Waals surface area contributed by atoms with Gasteiger partial charge in [-0.05, 0) is 6.07 Å². The first-order chi connectivity index (χ1) is 8.33. The molecule has 0 saturated carbocycles. The fourth-order valence-electron chi connectivity index (χ4n) is 1.45. The Morgan fingerprint density at radius 2 is 2.18 bits per heavy atom. The molecule has 0 aliphatic rings. The third kappa shape index (κ3) is 2.64. The van der Waals surface area contributed by atoms with E-state index in [1.165, 1.54) is 6.26 Å². The number of nitrogens with one attached hydrogen (secondary N) is 1. The van der Waals surface area contributed by atoms with Gasteiger partial charge in [0.1, 0.15) is 11.8 Å². The summed E-state index contributed by atoms with van der Waals surface area (Å²) >= 11 is 0. The van der Waals surface area contributed by atoms with Gasteiger partial charge in [-0.1, -0.05) is 18.2 Å². The minimum atomic E-state index is -0.328. The molecule has 0 atom stereocenters. The van der Waals surface area contributed by atoms with Crippen LogP contribution in [-0.4, -0.2) is 26.2 Å². The Balaban J connectivity index is 2.04. The molecule has 0 saturated heterocycles. The van der Waals surface area contributed by atoms with Gasteiger partial charge in [0.15, 0.2) is 0 Å². The SMILES string of the molecule is COCCONC(=O)c1coc2ccccc12. The van der Waals surface area contributed by atoms with Crippen molar-refractivity contribution in [3.05, 3.63) is 36.1 Å². The molecule has 2 rings (SSSR count). The van der Waals surface area contributed by atoms with Gasteiger partial charge in [0, 0.05) is 12.5 Å². The number of hydrogen-bond acceptors (Lipinski definition) is 4. The van der Waals surface area contributed by atoms with E-state index in [2.05, 4.69) is 5.48 Å². The van der Waals surface area contributed by atoms with Crippen molar-refractivity contribution >= 4 is 16.9 Å². The number of para-hydroxylation sites is 1. The summed E-state index contributed by atoms with van der Waals surface area (Å²) in [6, 6.07) is 7.32. The largest absolute Gasteiger partial charge is 0.463 e.